The van der Waals surface area contributed by atoms with Crippen molar-refractivity contribution in [3.05, 3.63) is 63.5 Å². The maximum Gasteiger partial charge on any atom is 0.249 e. The molecule has 4 rings (SSSR count). The van der Waals surface area contributed by atoms with E-state index in [1.807, 2.05) is 35.2 Å². The molecule has 2 fully saturated rings. The smallest absolute Gasteiger partial charge is 0.249 e. The van der Waals surface area contributed by atoms with Gasteiger partial charge in [-0.25, -0.2) is 0 Å². The molecule has 2 aliphatic heterocycles. The number of nitrogens with zero attached hydrogens (tertiary/aromatic N) is 3. The lowest BCUT2D eigenvalue weighted by Gasteiger charge is -2.49. The highest BCUT2D eigenvalue weighted by atomic mass is 35.5. The Morgan fingerprint density at radius 3 is 2.55 bits per heavy atom. The van der Waals surface area contributed by atoms with Gasteiger partial charge in [0.25, 0.3) is 0 Å². The van der Waals surface area contributed by atoms with Gasteiger partial charge in [-0.2, -0.15) is 0 Å². The molecule has 0 saturated carbocycles. The van der Waals surface area contributed by atoms with Crippen molar-refractivity contribution in [2.24, 2.45) is 0 Å². The summed E-state index contributed by atoms with van der Waals surface area (Å²) in [7, 11) is 0. The molecule has 3 heterocycles. The van der Waals surface area contributed by atoms with Crippen molar-refractivity contribution in [1.29, 1.82) is 0 Å². The van der Waals surface area contributed by atoms with Crippen LogP contribution in [-0.4, -0.2) is 58.5 Å². The number of benzene rings is 1. The maximum atomic E-state index is 13.7. The molecular weight excluding hydrogens is 388 g/mol. The van der Waals surface area contributed by atoms with Gasteiger partial charge >= 0.3 is 0 Å². The number of H-pyrrole nitrogens is 1. The van der Waals surface area contributed by atoms with Crippen LogP contribution in [0.2, 0.25) is 5.02 Å². The molecule has 2 aromatic rings. The molecule has 0 bridgehead atoms. The number of rotatable bonds is 4. The van der Waals surface area contributed by atoms with Crippen molar-refractivity contribution in [3.8, 4) is 0 Å². The van der Waals surface area contributed by atoms with Crippen molar-refractivity contribution >= 4 is 23.2 Å². The van der Waals surface area contributed by atoms with E-state index < -0.39 is 5.54 Å². The van der Waals surface area contributed by atoms with E-state index in [4.69, 9.17) is 11.6 Å². The Morgan fingerprint density at radius 1 is 1.10 bits per heavy atom. The van der Waals surface area contributed by atoms with Gasteiger partial charge in [-0.15, -0.1) is 0 Å². The zero-order valence-corrected chi connectivity index (χ0v) is 17.7. The molecule has 6 nitrogen and oxygen atoms in total. The molecule has 1 spiro atoms. The summed E-state index contributed by atoms with van der Waals surface area (Å²) in [6, 6.07) is 11.5. The lowest BCUT2D eigenvalue weighted by molar-refractivity contribution is -0.152. The zero-order valence-electron chi connectivity index (χ0n) is 16.9. The van der Waals surface area contributed by atoms with E-state index in [0.29, 0.717) is 18.1 Å². The molecular formula is C22H27ClN4O2. The summed E-state index contributed by atoms with van der Waals surface area (Å²) < 4.78 is 0. The highest BCUT2D eigenvalue weighted by Crippen LogP contribution is 2.36. The predicted molar refractivity (Wildman–Crippen MR) is 115 cm³/mol. The third kappa shape index (κ3) is 3.79. The van der Waals surface area contributed by atoms with E-state index in [1.54, 1.807) is 12.3 Å². The number of amides is 1. The van der Waals surface area contributed by atoms with Gasteiger partial charge in [-0.05, 0) is 44.0 Å². The summed E-state index contributed by atoms with van der Waals surface area (Å²) in [5, 5.41) is 0.713. The number of anilines is 1. The van der Waals surface area contributed by atoms with E-state index >= 15 is 0 Å². The van der Waals surface area contributed by atoms with Crippen molar-refractivity contribution in [2.45, 2.75) is 38.4 Å². The average molecular weight is 415 g/mol. The summed E-state index contributed by atoms with van der Waals surface area (Å²) in [5.74, 6) is 0.194. The van der Waals surface area contributed by atoms with E-state index in [0.717, 1.165) is 37.3 Å². The lowest BCUT2D eigenvalue weighted by Crippen LogP contribution is -2.67. The monoisotopic (exact) mass is 414 g/mol. The van der Waals surface area contributed by atoms with Crippen molar-refractivity contribution < 1.29 is 4.79 Å². The first-order valence-electron chi connectivity index (χ1n) is 10.1. The number of halogens is 1. The quantitative estimate of drug-likeness (QED) is 0.835. The maximum absolute atomic E-state index is 13.7. The Bertz CT molecular complexity index is 942. The van der Waals surface area contributed by atoms with Gasteiger partial charge in [0.15, 0.2) is 0 Å². The molecule has 1 atom stereocenters. The second kappa shape index (κ2) is 7.84. The molecule has 1 amide bonds. The SMILES string of the molecule is CC(C)N1CCN(Cc2ccc(Cl)cc2)[C@]2(CCN(c3cc[nH]c(=O)c3)C2)C1=O. The van der Waals surface area contributed by atoms with Gasteiger partial charge < -0.3 is 14.8 Å². The second-order valence-corrected chi connectivity index (χ2v) is 8.69. The van der Waals surface area contributed by atoms with Crippen LogP contribution in [0.4, 0.5) is 5.69 Å². The molecule has 1 aromatic carbocycles. The third-order valence-electron chi connectivity index (χ3n) is 6.16. The molecule has 2 saturated heterocycles. The minimum Gasteiger partial charge on any atom is -0.369 e. The Labute approximate surface area is 176 Å². The van der Waals surface area contributed by atoms with Crippen LogP contribution in [0.3, 0.4) is 0 Å². The second-order valence-electron chi connectivity index (χ2n) is 8.25. The summed E-state index contributed by atoms with van der Waals surface area (Å²) in [5.41, 5.74) is 1.31. The van der Waals surface area contributed by atoms with Crippen LogP contribution in [0.1, 0.15) is 25.8 Å². The first kappa shape index (κ1) is 20.0. The number of pyridine rings is 1. The van der Waals surface area contributed by atoms with Crippen LogP contribution in [0, 0.1) is 0 Å². The fraction of sp³-hybridized carbons (Fsp3) is 0.455. The van der Waals surface area contributed by atoms with Gasteiger partial charge in [0.2, 0.25) is 11.5 Å². The molecule has 1 N–H and O–H groups in total. The number of nitrogens with one attached hydrogen (secondary N) is 1. The molecule has 2 aliphatic rings. The van der Waals surface area contributed by atoms with E-state index in [-0.39, 0.29) is 17.5 Å². The standard InChI is InChI=1S/C22H27ClN4O2/c1-16(2)27-12-11-26(14-17-3-5-18(23)6-4-17)22(21(27)29)8-10-25(15-22)19-7-9-24-20(28)13-19/h3-7,9,13,16H,8,10-12,14-15H2,1-2H3,(H,24,28)/t22-/m0/s1. The first-order chi connectivity index (χ1) is 13.9. The highest BCUT2D eigenvalue weighted by molar-refractivity contribution is 6.30. The minimum atomic E-state index is -0.579. The third-order valence-corrected chi connectivity index (χ3v) is 6.41. The van der Waals surface area contributed by atoms with Crippen molar-refractivity contribution in [3.63, 3.8) is 0 Å². The van der Waals surface area contributed by atoms with Crippen molar-refractivity contribution in [1.82, 2.24) is 14.8 Å². The van der Waals surface area contributed by atoms with E-state index in [1.165, 1.54) is 0 Å². The fourth-order valence-electron chi connectivity index (χ4n) is 4.56. The normalized spacial score (nSPS) is 22.8. The van der Waals surface area contributed by atoms with Crippen LogP contribution in [0.5, 0.6) is 0 Å². The molecule has 1 aromatic heterocycles. The van der Waals surface area contributed by atoms with E-state index in [2.05, 4.69) is 28.6 Å². The zero-order chi connectivity index (χ0) is 20.6. The molecule has 7 heteroatoms. The van der Waals surface area contributed by atoms with Crippen LogP contribution in [-0.2, 0) is 11.3 Å². The van der Waals surface area contributed by atoms with Crippen LogP contribution in [0.25, 0.3) is 0 Å². The van der Waals surface area contributed by atoms with Gasteiger partial charge in [0, 0.05) is 61.7 Å². The topological polar surface area (TPSA) is 59.6 Å². The number of aromatic amines is 1. The predicted octanol–water partition coefficient (Wildman–Crippen LogP) is 2.73. The molecule has 154 valence electrons. The number of carbonyl (C=O) groups is 1. The average Bonchev–Trinajstić information content (AvgIpc) is 3.14. The highest BCUT2D eigenvalue weighted by Gasteiger charge is 2.53. The Morgan fingerprint density at radius 2 is 1.86 bits per heavy atom. The number of hydrogen-bond acceptors (Lipinski definition) is 4. The van der Waals surface area contributed by atoms with Gasteiger partial charge in [0.1, 0.15) is 5.54 Å². The summed E-state index contributed by atoms with van der Waals surface area (Å²) in [6.07, 6.45) is 2.41. The van der Waals surface area contributed by atoms with Gasteiger partial charge in [0.05, 0.1) is 0 Å². The van der Waals surface area contributed by atoms with Gasteiger partial charge in [-0.3, -0.25) is 14.5 Å². The number of hydrogen-bond donors (Lipinski definition) is 1. The number of aromatic nitrogens is 1. The minimum absolute atomic E-state index is 0.125. The molecule has 0 aliphatic carbocycles. The lowest BCUT2D eigenvalue weighted by atomic mass is 9.90. The summed E-state index contributed by atoms with van der Waals surface area (Å²) >= 11 is 6.04. The largest absolute Gasteiger partial charge is 0.369 e. The Hall–Kier alpha value is -2.31. The first-order valence-corrected chi connectivity index (χ1v) is 10.5. The fourth-order valence-corrected chi connectivity index (χ4v) is 4.68. The summed E-state index contributed by atoms with van der Waals surface area (Å²) in [4.78, 5) is 34.6. The van der Waals surface area contributed by atoms with Gasteiger partial charge in [-0.1, -0.05) is 23.7 Å². The molecule has 29 heavy (non-hydrogen) atoms. The molecule has 0 radical (unpaired) electrons. The number of piperazine rings is 1. The van der Waals surface area contributed by atoms with Crippen molar-refractivity contribution in [2.75, 3.05) is 31.1 Å². The Balaban J connectivity index is 1.65. The summed E-state index contributed by atoms with van der Waals surface area (Å²) in [6.45, 7) is 7.75. The molecule has 0 unspecified atom stereocenters. The Kier molecular flexibility index (Phi) is 5.40. The van der Waals surface area contributed by atoms with Crippen LogP contribution < -0.4 is 10.5 Å². The van der Waals surface area contributed by atoms with Crippen LogP contribution in [0.15, 0.2) is 47.4 Å². The number of carbonyl (C=O) groups excluding carboxylic acids is 1. The van der Waals surface area contributed by atoms with Crippen LogP contribution >= 0.6 is 11.6 Å². The van der Waals surface area contributed by atoms with E-state index in [9.17, 15) is 9.59 Å².